The molecule has 2 fully saturated rings. The third-order valence-electron chi connectivity index (χ3n) is 7.42. The van der Waals surface area contributed by atoms with Crippen molar-refractivity contribution in [2.45, 2.75) is 74.5 Å². The van der Waals surface area contributed by atoms with Gasteiger partial charge in [0.1, 0.15) is 34.4 Å². The average Bonchev–Trinajstić information content (AvgIpc) is 3.16. The van der Waals surface area contributed by atoms with Crippen LogP contribution in [0.1, 0.15) is 42.2 Å². The fraction of sp³-hybridized carbons (Fsp3) is 0.565. The standard InChI is InChI=1S/C23H26F4N8O4S2/c1-34-17(8-18(32-34)39-22(26)27)29-23-31-28-9-35(23)12-2-3-16-14(6-12)19(41(37,38)33-11-4-10(24)5-11)21(40-16)30-20(36)13-7-15(13)25/h8-13,15,22,33H,2-7H2,1H3,(H,29,31)(H,30,36)/t10?,11?,12-,13-,15-/m0/s1. The molecule has 6 rings (SSSR count). The number of hydrogen-bond donors (Lipinski definition) is 3. The molecule has 0 radical (unpaired) electrons. The third kappa shape index (κ3) is 5.63. The molecule has 18 heteroatoms. The molecule has 1 amide bonds. The number of rotatable bonds is 10. The van der Waals surface area contributed by atoms with Crippen molar-refractivity contribution in [3.63, 3.8) is 0 Å². The fourth-order valence-electron chi connectivity index (χ4n) is 5.13. The Kier molecular flexibility index (Phi) is 7.17. The van der Waals surface area contributed by atoms with E-state index in [1.807, 2.05) is 0 Å². The molecule has 0 unspecified atom stereocenters. The highest BCUT2D eigenvalue weighted by Gasteiger charge is 2.45. The van der Waals surface area contributed by atoms with Crippen LogP contribution in [0.5, 0.6) is 5.88 Å². The third-order valence-corrected chi connectivity index (χ3v) is 10.4. The van der Waals surface area contributed by atoms with Gasteiger partial charge in [0, 0.05) is 30.1 Å². The van der Waals surface area contributed by atoms with E-state index in [2.05, 4.69) is 35.4 Å². The predicted octanol–water partition coefficient (Wildman–Crippen LogP) is 3.22. The van der Waals surface area contributed by atoms with Crippen molar-refractivity contribution in [3.05, 3.63) is 22.8 Å². The maximum absolute atomic E-state index is 13.6. The summed E-state index contributed by atoms with van der Waals surface area (Å²) in [5.74, 6) is -1.11. The first-order chi connectivity index (χ1) is 19.5. The molecule has 2 saturated carbocycles. The van der Waals surface area contributed by atoms with Gasteiger partial charge in [-0.15, -0.1) is 26.6 Å². The predicted molar refractivity (Wildman–Crippen MR) is 138 cm³/mol. The van der Waals surface area contributed by atoms with Crippen LogP contribution in [-0.4, -0.2) is 63.9 Å². The van der Waals surface area contributed by atoms with E-state index >= 15 is 0 Å². The molecular weight excluding hydrogens is 592 g/mol. The quantitative estimate of drug-likeness (QED) is 0.294. The normalized spacial score (nSPS) is 25.5. The van der Waals surface area contributed by atoms with E-state index in [9.17, 15) is 30.8 Å². The van der Waals surface area contributed by atoms with Gasteiger partial charge in [0.05, 0.1) is 5.92 Å². The Labute approximate surface area is 235 Å². The smallest absolute Gasteiger partial charge is 0.388 e. The summed E-state index contributed by atoms with van der Waals surface area (Å²) < 4.78 is 89.2. The molecule has 3 atom stereocenters. The molecule has 0 spiro atoms. The zero-order valence-electron chi connectivity index (χ0n) is 21.6. The lowest BCUT2D eigenvalue weighted by Gasteiger charge is -2.30. The van der Waals surface area contributed by atoms with Crippen molar-refractivity contribution in [1.29, 1.82) is 0 Å². The Morgan fingerprint density at radius 2 is 2.00 bits per heavy atom. The summed E-state index contributed by atoms with van der Waals surface area (Å²) in [5.41, 5.74) is 0.505. The molecule has 3 heterocycles. The number of fused-ring (bicyclic) bond motifs is 1. The zero-order valence-corrected chi connectivity index (χ0v) is 23.2. The van der Waals surface area contributed by atoms with E-state index in [0.29, 0.717) is 24.2 Å². The number of aryl methyl sites for hydroxylation is 2. The SMILES string of the molecule is Cn1nc(OC(F)F)cc1Nc1nncn1[C@H]1CCc2sc(NC(=O)[C@H]3C[C@@H]3F)c(S(=O)(=O)NC3CC(F)C3)c2C1. The largest absolute Gasteiger partial charge is 0.415 e. The van der Waals surface area contributed by atoms with E-state index in [-0.39, 0.29) is 53.5 Å². The fourth-order valence-corrected chi connectivity index (χ4v) is 8.36. The summed E-state index contributed by atoms with van der Waals surface area (Å²) in [5, 5.41) is 17.7. The second-order valence-electron chi connectivity index (χ2n) is 10.3. The van der Waals surface area contributed by atoms with Crippen LogP contribution in [0.2, 0.25) is 0 Å². The molecule has 3 aromatic rings. The number of aromatic nitrogens is 5. The van der Waals surface area contributed by atoms with Gasteiger partial charge in [-0.2, -0.15) is 8.78 Å². The summed E-state index contributed by atoms with van der Waals surface area (Å²) >= 11 is 1.14. The zero-order chi connectivity index (χ0) is 29.1. The Morgan fingerprint density at radius 1 is 1.24 bits per heavy atom. The number of sulfonamides is 1. The minimum Gasteiger partial charge on any atom is -0.415 e. The van der Waals surface area contributed by atoms with E-state index in [1.54, 1.807) is 4.57 Å². The van der Waals surface area contributed by atoms with E-state index in [0.717, 1.165) is 16.2 Å². The number of amides is 1. The van der Waals surface area contributed by atoms with Crippen LogP contribution >= 0.6 is 11.3 Å². The Hall–Kier alpha value is -3.25. The Bertz CT molecular complexity index is 1570. The first kappa shape index (κ1) is 27.9. The van der Waals surface area contributed by atoms with Gasteiger partial charge in [0.2, 0.25) is 27.8 Å². The number of thiophene rings is 1. The van der Waals surface area contributed by atoms with Crippen molar-refractivity contribution in [1.82, 2.24) is 29.3 Å². The number of halogens is 4. The number of nitrogens with zero attached hydrogens (tertiary/aromatic N) is 5. The van der Waals surface area contributed by atoms with Crippen molar-refractivity contribution >= 4 is 44.0 Å². The van der Waals surface area contributed by atoms with Crippen LogP contribution in [0.4, 0.5) is 34.3 Å². The van der Waals surface area contributed by atoms with Crippen molar-refractivity contribution in [2.75, 3.05) is 10.6 Å². The number of anilines is 3. The van der Waals surface area contributed by atoms with Crippen LogP contribution < -0.4 is 20.1 Å². The highest BCUT2D eigenvalue weighted by Crippen LogP contribution is 2.45. The van der Waals surface area contributed by atoms with Gasteiger partial charge in [-0.3, -0.25) is 9.36 Å². The summed E-state index contributed by atoms with van der Waals surface area (Å²) in [7, 11) is -2.63. The van der Waals surface area contributed by atoms with Gasteiger partial charge in [0.25, 0.3) is 0 Å². The number of nitrogens with one attached hydrogen (secondary N) is 3. The Morgan fingerprint density at radius 3 is 2.68 bits per heavy atom. The molecule has 222 valence electrons. The molecule has 3 aromatic heterocycles. The Balaban J connectivity index is 1.28. The first-order valence-corrected chi connectivity index (χ1v) is 15.2. The van der Waals surface area contributed by atoms with Gasteiger partial charge >= 0.3 is 6.61 Å². The summed E-state index contributed by atoms with van der Waals surface area (Å²) in [6.07, 6.45) is 0.658. The summed E-state index contributed by atoms with van der Waals surface area (Å²) in [4.78, 5) is 13.3. The summed E-state index contributed by atoms with van der Waals surface area (Å²) in [6, 6.07) is 0.409. The van der Waals surface area contributed by atoms with Crippen molar-refractivity contribution in [2.24, 2.45) is 13.0 Å². The van der Waals surface area contributed by atoms with Crippen LogP contribution in [0, 0.1) is 5.92 Å². The molecule has 0 bridgehead atoms. The molecule has 3 aliphatic carbocycles. The second-order valence-corrected chi connectivity index (χ2v) is 13.1. The molecule has 0 saturated heterocycles. The van der Waals surface area contributed by atoms with Crippen molar-refractivity contribution in [3.8, 4) is 5.88 Å². The maximum atomic E-state index is 13.6. The molecule has 3 N–H and O–H groups in total. The molecule has 12 nitrogen and oxygen atoms in total. The first-order valence-electron chi connectivity index (χ1n) is 12.9. The molecule has 41 heavy (non-hydrogen) atoms. The lowest BCUT2D eigenvalue weighted by molar-refractivity contribution is -0.117. The number of alkyl halides is 4. The van der Waals surface area contributed by atoms with Gasteiger partial charge in [-0.05, 0) is 44.1 Å². The van der Waals surface area contributed by atoms with Crippen LogP contribution in [-0.2, 0) is 34.7 Å². The molecule has 3 aliphatic rings. The molecular formula is C23H26F4N8O4S2. The van der Waals surface area contributed by atoms with Crippen LogP contribution in [0.25, 0.3) is 0 Å². The van der Waals surface area contributed by atoms with E-state index in [4.69, 9.17) is 0 Å². The number of ether oxygens (including phenoxy) is 1. The maximum Gasteiger partial charge on any atom is 0.388 e. The topological polar surface area (TPSA) is 145 Å². The van der Waals surface area contributed by atoms with Gasteiger partial charge in [0.15, 0.2) is 0 Å². The lowest BCUT2D eigenvalue weighted by Crippen LogP contribution is -2.45. The highest BCUT2D eigenvalue weighted by atomic mass is 32.2. The van der Waals surface area contributed by atoms with E-state index < -0.39 is 46.8 Å². The molecule has 0 aromatic carbocycles. The second kappa shape index (κ2) is 10.5. The van der Waals surface area contributed by atoms with Gasteiger partial charge < -0.3 is 15.4 Å². The van der Waals surface area contributed by atoms with E-state index in [1.165, 1.54) is 24.1 Å². The minimum absolute atomic E-state index is 0.0648. The number of carbonyl (C=O) groups is 1. The van der Waals surface area contributed by atoms with Crippen molar-refractivity contribution < 1.29 is 35.5 Å². The highest BCUT2D eigenvalue weighted by molar-refractivity contribution is 7.90. The van der Waals surface area contributed by atoms with Gasteiger partial charge in [-0.1, -0.05) is 0 Å². The summed E-state index contributed by atoms with van der Waals surface area (Å²) in [6.45, 7) is -3.04. The molecule has 0 aliphatic heterocycles. The average molecular weight is 619 g/mol. The lowest BCUT2D eigenvalue weighted by atomic mass is 9.92. The number of hydrogen-bond acceptors (Lipinski definition) is 9. The van der Waals surface area contributed by atoms with Crippen LogP contribution in [0.3, 0.4) is 0 Å². The van der Waals surface area contributed by atoms with Crippen LogP contribution in [0.15, 0.2) is 17.3 Å². The number of carbonyl (C=O) groups excluding carboxylic acids is 1. The minimum atomic E-state index is -4.16. The monoisotopic (exact) mass is 618 g/mol. The van der Waals surface area contributed by atoms with Gasteiger partial charge in [-0.25, -0.2) is 26.6 Å².